The van der Waals surface area contributed by atoms with Gasteiger partial charge in [0.2, 0.25) is 12.7 Å². The number of aryl methyl sites for hydroxylation is 1. The molecule has 3 aromatic rings. The van der Waals surface area contributed by atoms with Gasteiger partial charge in [-0.1, -0.05) is 32.0 Å². The van der Waals surface area contributed by atoms with Gasteiger partial charge in [-0.15, -0.1) is 0 Å². The van der Waals surface area contributed by atoms with Crippen molar-refractivity contribution in [2.24, 2.45) is 5.92 Å². The van der Waals surface area contributed by atoms with Crippen LogP contribution in [0.2, 0.25) is 0 Å². The summed E-state index contributed by atoms with van der Waals surface area (Å²) in [4.78, 5) is 22.6. The maximum Gasteiger partial charge on any atom is 0.231 e. The topological polar surface area (TPSA) is 59.8 Å². The monoisotopic (exact) mass is 542 g/mol. The Bertz CT molecular complexity index is 1390. The van der Waals surface area contributed by atoms with Crippen molar-refractivity contribution in [3.05, 3.63) is 53.9 Å². The van der Waals surface area contributed by atoms with Crippen LogP contribution in [0.15, 0.2) is 42.5 Å². The van der Waals surface area contributed by atoms with Crippen LogP contribution in [0.3, 0.4) is 0 Å². The minimum absolute atomic E-state index is 0.0438. The summed E-state index contributed by atoms with van der Waals surface area (Å²) in [6, 6.07) is 16.9. The number of para-hydroxylation sites is 2. The first-order valence-electron chi connectivity index (χ1n) is 15.3. The third kappa shape index (κ3) is 4.37. The lowest BCUT2D eigenvalue weighted by Gasteiger charge is -2.46. The van der Waals surface area contributed by atoms with Crippen LogP contribution in [0, 0.1) is 12.8 Å². The molecular weight excluding hydrogens is 500 g/mol. The summed E-state index contributed by atoms with van der Waals surface area (Å²) >= 11 is 0. The van der Waals surface area contributed by atoms with Crippen molar-refractivity contribution in [3.8, 4) is 11.5 Å². The van der Waals surface area contributed by atoms with E-state index in [-0.39, 0.29) is 17.2 Å². The van der Waals surface area contributed by atoms with Gasteiger partial charge in [0.25, 0.3) is 0 Å². The number of aromatic nitrogens is 2. The van der Waals surface area contributed by atoms with Gasteiger partial charge in [-0.05, 0) is 88.2 Å². The quantitative estimate of drug-likeness (QED) is 0.391. The fourth-order valence-corrected chi connectivity index (χ4v) is 8.22. The minimum atomic E-state index is 0.0438. The van der Waals surface area contributed by atoms with E-state index in [0.717, 1.165) is 61.7 Å². The molecule has 0 spiro atoms. The molecule has 4 aliphatic heterocycles. The molecule has 0 unspecified atom stereocenters. The lowest BCUT2D eigenvalue weighted by Crippen LogP contribution is -2.49. The number of carbonyl (C=O) groups excluding carboxylic acids is 1. The van der Waals surface area contributed by atoms with Crippen LogP contribution in [0.1, 0.15) is 76.2 Å². The summed E-state index contributed by atoms with van der Waals surface area (Å²) in [5, 5.41) is 0. The molecule has 7 nitrogen and oxygen atoms in total. The van der Waals surface area contributed by atoms with Crippen LogP contribution in [0.5, 0.6) is 11.5 Å². The van der Waals surface area contributed by atoms with Gasteiger partial charge < -0.3 is 18.9 Å². The van der Waals surface area contributed by atoms with Gasteiger partial charge in [-0.25, -0.2) is 4.98 Å². The molecule has 5 heterocycles. The average Bonchev–Trinajstić information content (AvgIpc) is 3.64. The highest BCUT2D eigenvalue weighted by Crippen LogP contribution is 2.46. The van der Waals surface area contributed by atoms with E-state index >= 15 is 0 Å². The number of imidazole rings is 1. The van der Waals surface area contributed by atoms with Crippen LogP contribution < -0.4 is 9.47 Å². The third-order valence-electron chi connectivity index (χ3n) is 10.4. The number of ether oxygens (including phenoxy) is 2. The number of rotatable bonds is 6. The first-order valence-corrected chi connectivity index (χ1v) is 15.3. The summed E-state index contributed by atoms with van der Waals surface area (Å²) in [5.41, 5.74) is 3.78. The molecule has 0 radical (unpaired) electrons. The predicted octanol–water partition coefficient (Wildman–Crippen LogP) is 5.85. The van der Waals surface area contributed by atoms with Gasteiger partial charge >= 0.3 is 0 Å². The average molecular weight is 543 g/mol. The zero-order valence-corrected chi connectivity index (χ0v) is 24.1. The summed E-state index contributed by atoms with van der Waals surface area (Å²) in [6.07, 6.45) is 8.09. The van der Waals surface area contributed by atoms with Crippen molar-refractivity contribution >= 4 is 16.9 Å². The summed E-state index contributed by atoms with van der Waals surface area (Å²) in [5.74, 6) is 3.17. The van der Waals surface area contributed by atoms with Crippen LogP contribution in [0.4, 0.5) is 0 Å². The second-order valence-electron chi connectivity index (χ2n) is 12.8. The van der Waals surface area contributed by atoms with Crippen molar-refractivity contribution in [3.63, 3.8) is 0 Å². The molecule has 7 rings (SSSR count). The van der Waals surface area contributed by atoms with Crippen LogP contribution >= 0.6 is 0 Å². The molecule has 3 fully saturated rings. The molecule has 7 heteroatoms. The number of likely N-dealkylation sites (tertiary alicyclic amines) is 1. The maximum atomic E-state index is 12.8. The molecule has 2 atom stereocenters. The second-order valence-corrected chi connectivity index (χ2v) is 12.8. The van der Waals surface area contributed by atoms with Gasteiger partial charge in [0.05, 0.1) is 11.0 Å². The van der Waals surface area contributed by atoms with E-state index in [9.17, 15) is 4.79 Å². The van der Waals surface area contributed by atoms with E-state index in [1.807, 2.05) is 13.8 Å². The fourth-order valence-electron chi connectivity index (χ4n) is 8.22. The van der Waals surface area contributed by atoms with E-state index in [1.165, 1.54) is 36.8 Å². The highest BCUT2D eigenvalue weighted by atomic mass is 16.7. The molecule has 0 saturated carbocycles. The smallest absolute Gasteiger partial charge is 0.231 e. The summed E-state index contributed by atoms with van der Waals surface area (Å²) in [7, 11) is 0. The molecule has 2 bridgehead atoms. The van der Waals surface area contributed by atoms with Crippen molar-refractivity contribution < 1.29 is 14.3 Å². The third-order valence-corrected chi connectivity index (χ3v) is 10.4. The lowest BCUT2D eigenvalue weighted by atomic mass is 9.70. The molecule has 212 valence electrons. The van der Waals surface area contributed by atoms with Gasteiger partial charge in [-0.3, -0.25) is 9.69 Å². The Kier molecular flexibility index (Phi) is 6.53. The number of nitrogens with zero attached hydrogens (tertiary/aromatic N) is 4. The number of fused-ring (bicyclic) bond motifs is 4. The molecule has 0 N–H and O–H groups in total. The normalized spacial score (nSPS) is 25.7. The highest BCUT2D eigenvalue weighted by Gasteiger charge is 2.44. The Morgan fingerprint density at radius 2 is 1.73 bits per heavy atom. The maximum absolute atomic E-state index is 12.8. The van der Waals surface area contributed by atoms with E-state index in [1.54, 1.807) is 0 Å². The largest absolute Gasteiger partial charge is 0.454 e. The Labute approximate surface area is 237 Å². The Balaban J connectivity index is 1.10. The van der Waals surface area contributed by atoms with E-state index < -0.39 is 0 Å². The molecule has 4 aliphatic rings. The van der Waals surface area contributed by atoms with Gasteiger partial charge in [0.1, 0.15) is 5.82 Å². The van der Waals surface area contributed by atoms with Crippen molar-refractivity contribution in [2.75, 3.05) is 26.4 Å². The number of hydrogen-bond donors (Lipinski definition) is 0. The second kappa shape index (κ2) is 10.1. The number of hydrogen-bond acceptors (Lipinski definition) is 5. The SMILES string of the molecule is Cc1nc2ccccc2n1C1C[C@@H]2CC[C@@H](C1)N2CCC1(c2ccc3c(c2)OCO3)CCN(C(=O)C(C)C)CC1. The van der Waals surface area contributed by atoms with Gasteiger partial charge in [0.15, 0.2) is 11.5 Å². The minimum Gasteiger partial charge on any atom is -0.454 e. The first kappa shape index (κ1) is 25.9. The number of amides is 1. The molecule has 2 aromatic carbocycles. The predicted molar refractivity (Wildman–Crippen MR) is 156 cm³/mol. The molecule has 0 aliphatic carbocycles. The molecular formula is C33H42N4O3. The van der Waals surface area contributed by atoms with Crippen LogP contribution in [0.25, 0.3) is 11.0 Å². The first-order chi connectivity index (χ1) is 19.4. The van der Waals surface area contributed by atoms with Crippen molar-refractivity contribution in [1.82, 2.24) is 19.4 Å². The number of carbonyl (C=O) groups is 1. The zero-order valence-electron chi connectivity index (χ0n) is 24.1. The van der Waals surface area contributed by atoms with E-state index in [4.69, 9.17) is 14.5 Å². The Hall–Kier alpha value is -3.06. The lowest BCUT2D eigenvalue weighted by molar-refractivity contribution is -0.136. The van der Waals surface area contributed by atoms with Gasteiger partial charge in [-0.2, -0.15) is 0 Å². The fraction of sp³-hybridized carbons (Fsp3) is 0.576. The van der Waals surface area contributed by atoms with E-state index in [0.29, 0.717) is 24.9 Å². The summed E-state index contributed by atoms with van der Waals surface area (Å²) < 4.78 is 13.9. The Morgan fingerprint density at radius 1 is 1.00 bits per heavy atom. The molecule has 1 aromatic heterocycles. The summed E-state index contributed by atoms with van der Waals surface area (Å²) in [6.45, 7) is 9.25. The van der Waals surface area contributed by atoms with Crippen LogP contribution in [-0.4, -0.2) is 63.8 Å². The van der Waals surface area contributed by atoms with E-state index in [2.05, 4.69) is 63.8 Å². The van der Waals surface area contributed by atoms with Crippen molar-refractivity contribution in [2.45, 2.75) is 89.3 Å². The molecule has 1 amide bonds. The van der Waals surface area contributed by atoms with Gasteiger partial charge in [0, 0.05) is 42.5 Å². The number of benzene rings is 2. The molecule has 40 heavy (non-hydrogen) atoms. The standard InChI is InChI=1S/C33H42N4O3/c1-22(2)32(38)35-15-12-33(13-16-35,24-8-11-30-31(18-24)40-21-39-30)14-17-36-25-9-10-26(36)20-27(19-25)37-23(3)34-28-6-4-5-7-29(28)37/h4-8,11,18,22,25-27H,9-10,12-17,19-21H2,1-3H3/t25-,26-/m0/s1. The zero-order chi connectivity index (χ0) is 27.4. The highest BCUT2D eigenvalue weighted by molar-refractivity contribution is 5.78. The Morgan fingerprint density at radius 3 is 2.48 bits per heavy atom. The van der Waals surface area contributed by atoms with Crippen molar-refractivity contribution in [1.29, 1.82) is 0 Å². The van der Waals surface area contributed by atoms with Crippen LogP contribution in [-0.2, 0) is 10.2 Å². The number of piperidine rings is 2. The molecule has 3 saturated heterocycles.